The van der Waals surface area contributed by atoms with E-state index in [0.29, 0.717) is 25.5 Å². The van der Waals surface area contributed by atoms with Crippen LogP contribution < -0.4 is 10.1 Å². The number of methoxy groups -OCH3 is 1. The standard InChI is InChI=1S/C20H25F2N5O2/c1-29-15-6-4-13(5-7-15)9-18(28)26-8-2-3-14(11-26)16-10-17(19(21)22)27-20(25-16)23-12-24-27/h4-7,12,14,16-17,19H,2-3,8-11H2,1H3,(H,23,24,25)/t14-,16-,17+/m0/s1. The molecule has 0 saturated carbocycles. The monoisotopic (exact) mass is 405 g/mol. The second-order valence-corrected chi connectivity index (χ2v) is 7.68. The van der Waals surface area contributed by atoms with Crippen LogP contribution >= 0.6 is 0 Å². The lowest BCUT2D eigenvalue weighted by atomic mass is 9.86. The third-order valence-electron chi connectivity index (χ3n) is 5.88. The highest BCUT2D eigenvalue weighted by Crippen LogP contribution is 2.35. The van der Waals surface area contributed by atoms with Crippen molar-refractivity contribution in [2.45, 2.75) is 44.2 Å². The van der Waals surface area contributed by atoms with Gasteiger partial charge in [-0.3, -0.25) is 4.79 Å². The van der Waals surface area contributed by atoms with Gasteiger partial charge >= 0.3 is 0 Å². The molecular weight excluding hydrogens is 380 g/mol. The lowest BCUT2D eigenvalue weighted by Gasteiger charge is -2.40. The van der Waals surface area contributed by atoms with E-state index in [-0.39, 0.29) is 24.3 Å². The summed E-state index contributed by atoms with van der Waals surface area (Å²) in [4.78, 5) is 18.7. The maximum atomic E-state index is 13.5. The number of carbonyl (C=O) groups excluding carboxylic acids is 1. The topological polar surface area (TPSA) is 72.3 Å². The number of amides is 1. The summed E-state index contributed by atoms with van der Waals surface area (Å²) in [6, 6.07) is 6.33. The van der Waals surface area contributed by atoms with Gasteiger partial charge in [-0.25, -0.2) is 13.5 Å². The predicted molar refractivity (Wildman–Crippen MR) is 103 cm³/mol. The quantitative estimate of drug-likeness (QED) is 0.828. The summed E-state index contributed by atoms with van der Waals surface area (Å²) in [5.74, 6) is 1.30. The van der Waals surface area contributed by atoms with Gasteiger partial charge in [0.25, 0.3) is 6.43 Å². The minimum absolute atomic E-state index is 0.0595. The molecule has 3 atom stereocenters. The first-order valence-electron chi connectivity index (χ1n) is 9.90. The summed E-state index contributed by atoms with van der Waals surface area (Å²) in [6.07, 6.45) is 1.15. The average Bonchev–Trinajstić information content (AvgIpc) is 3.22. The zero-order chi connectivity index (χ0) is 20.4. The van der Waals surface area contributed by atoms with E-state index < -0.39 is 12.5 Å². The van der Waals surface area contributed by atoms with Crippen molar-refractivity contribution in [3.05, 3.63) is 36.2 Å². The van der Waals surface area contributed by atoms with Gasteiger partial charge in [-0.1, -0.05) is 12.1 Å². The molecule has 3 heterocycles. The van der Waals surface area contributed by atoms with Gasteiger partial charge in [0, 0.05) is 19.1 Å². The molecule has 2 aliphatic rings. The molecule has 0 bridgehead atoms. The van der Waals surface area contributed by atoms with Crippen molar-refractivity contribution in [2.24, 2.45) is 5.92 Å². The van der Waals surface area contributed by atoms with Crippen LogP contribution in [-0.4, -0.2) is 58.2 Å². The number of ether oxygens (including phenoxy) is 1. The number of hydrogen-bond donors (Lipinski definition) is 1. The molecule has 1 N–H and O–H groups in total. The predicted octanol–water partition coefficient (Wildman–Crippen LogP) is 2.76. The first-order chi connectivity index (χ1) is 14.0. The molecule has 0 unspecified atom stereocenters. The zero-order valence-electron chi connectivity index (χ0n) is 16.3. The van der Waals surface area contributed by atoms with E-state index in [0.717, 1.165) is 24.2 Å². The molecule has 1 aromatic carbocycles. The molecule has 1 fully saturated rings. The van der Waals surface area contributed by atoms with E-state index in [1.54, 1.807) is 7.11 Å². The van der Waals surface area contributed by atoms with E-state index in [9.17, 15) is 13.6 Å². The van der Waals surface area contributed by atoms with Crippen LogP contribution in [-0.2, 0) is 11.2 Å². The Morgan fingerprint density at radius 1 is 1.34 bits per heavy atom. The van der Waals surface area contributed by atoms with Crippen LogP contribution in [0.15, 0.2) is 30.6 Å². The Labute approximate surface area is 168 Å². The minimum atomic E-state index is -2.50. The fraction of sp³-hybridized carbons (Fsp3) is 0.550. The van der Waals surface area contributed by atoms with Crippen LogP contribution in [0.2, 0.25) is 0 Å². The number of nitrogens with zero attached hydrogens (tertiary/aromatic N) is 4. The van der Waals surface area contributed by atoms with Gasteiger partial charge in [0.05, 0.1) is 13.5 Å². The Kier molecular flexibility index (Phi) is 5.64. The summed E-state index contributed by atoms with van der Waals surface area (Å²) in [6.45, 7) is 1.27. The molecule has 0 spiro atoms. The molecule has 1 amide bonds. The van der Waals surface area contributed by atoms with Crippen molar-refractivity contribution >= 4 is 11.9 Å². The number of piperidine rings is 1. The Bertz CT molecular complexity index is 842. The molecule has 9 heteroatoms. The van der Waals surface area contributed by atoms with Crippen molar-refractivity contribution < 1.29 is 18.3 Å². The highest BCUT2D eigenvalue weighted by atomic mass is 19.3. The van der Waals surface area contributed by atoms with Crippen LogP contribution in [0.25, 0.3) is 0 Å². The van der Waals surface area contributed by atoms with E-state index in [2.05, 4.69) is 15.4 Å². The Morgan fingerprint density at radius 2 is 2.14 bits per heavy atom. The largest absolute Gasteiger partial charge is 0.497 e. The Morgan fingerprint density at radius 3 is 2.86 bits per heavy atom. The van der Waals surface area contributed by atoms with Crippen LogP contribution in [0.3, 0.4) is 0 Å². The third kappa shape index (κ3) is 4.18. The number of benzene rings is 1. The maximum absolute atomic E-state index is 13.5. The van der Waals surface area contributed by atoms with Gasteiger partial charge in [0.1, 0.15) is 18.1 Å². The van der Waals surface area contributed by atoms with Crippen LogP contribution in [0, 0.1) is 5.92 Å². The van der Waals surface area contributed by atoms with Crippen molar-refractivity contribution in [3.8, 4) is 5.75 Å². The fourth-order valence-corrected chi connectivity index (χ4v) is 4.30. The second-order valence-electron chi connectivity index (χ2n) is 7.68. The van der Waals surface area contributed by atoms with Crippen molar-refractivity contribution in [1.82, 2.24) is 19.7 Å². The normalized spacial score (nSPS) is 24.1. The molecule has 29 heavy (non-hydrogen) atoms. The number of halogens is 2. The lowest BCUT2D eigenvalue weighted by molar-refractivity contribution is -0.132. The molecule has 2 aliphatic heterocycles. The molecule has 1 aromatic heterocycles. The zero-order valence-corrected chi connectivity index (χ0v) is 16.3. The number of hydrogen-bond acceptors (Lipinski definition) is 5. The summed E-state index contributed by atoms with van der Waals surface area (Å²) < 4.78 is 33.5. The summed E-state index contributed by atoms with van der Waals surface area (Å²) in [5, 5.41) is 7.19. The van der Waals surface area contributed by atoms with Crippen molar-refractivity contribution in [1.29, 1.82) is 0 Å². The van der Waals surface area contributed by atoms with Gasteiger partial charge < -0.3 is 15.0 Å². The smallest absolute Gasteiger partial charge is 0.260 e. The van der Waals surface area contributed by atoms with Crippen LogP contribution in [0.5, 0.6) is 5.75 Å². The van der Waals surface area contributed by atoms with Crippen molar-refractivity contribution in [2.75, 3.05) is 25.5 Å². The summed E-state index contributed by atoms with van der Waals surface area (Å²) >= 11 is 0. The van der Waals surface area contributed by atoms with Gasteiger partial charge in [-0.15, -0.1) is 0 Å². The molecule has 0 aliphatic carbocycles. The van der Waals surface area contributed by atoms with E-state index in [1.807, 2.05) is 29.2 Å². The van der Waals surface area contributed by atoms with Gasteiger partial charge in [-0.05, 0) is 42.9 Å². The molecule has 7 nitrogen and oxygen atoms in total. The number of likely N-dealkylation sites (tertiary alicyclic amines) is 1. The molecule has 1 saturated heterocycles. The van der Waals surface area contributed by atoms with E-state index in [4.69, 9.17) is 4.74 Å². The van der Waals surface area contributed by atoms with E-state index >= 15 is 0 Å². The first kappa shape index (κ1) is 19.6. The maximum Gasteiger partial charge on any atom is 0.260 e. The Balaban J connectivity index is 1.41. The number of nitrogens with one attached hydrogen (secondary N) is 1. The lowest BCUT2D eigenvalue weighted by Crippen LogP contribution is -2.48. The number of alkyl halides is 2. The van der Waals surface area contributed by atoms with Crippen molar-refractivity contribution in [3.63, 3.8) is 0 Å². The Hall–Kier alpha value is -2.71. The number of rotatable bonds is 5. The van der Waals surface area contributed by atoms with Crippen LogP contribution in [0.1, 0.15) is 30.9 Å². The second kappa shape index (κ2) is 8.34. The van der Waals surface area contributed by atoms with Gasteiger partial charge in [-0.2, -0.15) is 10.1 Å². The van der Waals surface area contributed by atoms with Crippen LogP contribution in [0.4, 0.5) is 14.7 Å². The van der Waals surface area contributed by atoms with Gasteiger partial charge in [0.2, 0.25) is 11.9 Å². The first-order valence-corrected chi connectivity index (χ1v) is 9.90. The number of fused-ring (bicyclic) bond motifs is 1. The molecular formula is C20H25F2N5O2. The average molecular weight is 405 g/mol. The molecule has 156 valence electrons. The molecule has 2 aromatic rings. The number of aromatic nitrogens is 3. The van der Waals surface area contributed by atoms with Gasteiger partial charge in [0.15, 0.2) is 0 Å². The SMILES string of the molecule is COc1ccc(CC(=O)N2CCC[C@H]([C@@H]3C[C@H](C(F)F)n4ncnc4N3)C2)cc1. The molecule has 0 radical (unpaired) electrons. The third-order valence-corrected chi connectivity index (χ3v) is 5.88. The highest BCUT2D eigenvalue weighted by molar-refractivity contribution is 5.79. The molecule has 4 rings (SSSR count). The summed E-state index contributed by atoms with van der Waals surface area (Å²) in [7, 11) is 1.61. The fourth-order valence-electron chi connectivity index (χ4n) is 4.30. The van der Waals surface area contributed by atoms with E-state index in [1.165, 1.54) is 11.0 Å². The minimum Gasteiger partial charge on any atom is -0.497 e. The summed E-state index contributed by atoms with van der Waals surface area (Å²) in [5.41, 5.74) is 0.930. The number of carbonyl (C=O) groups is 1. The highest BCUT2D eigenvalue weighted by Gasteiger charge is 2.38. The number of anilines is 1.